The van der Waals surface area contributed by atoms with Crippen LogP contribution >= 0.6 is 0 Å². The summed E-state index contributed by atoms with van der Waals surface area (Å²) in [6, 6.07) is 0. The lowest BCUT2D eigenvalue weighted by molar-refractivity contribution is -0.189. The maximum absolute atomic E-state index is 12.0. The van der Waals surface area contributed by atoms with Crippen LogP contribution in [0.25, 0.3) is 0 Å². The van der Waals surface area contributed by atoms with Gasteiger partial charge in [0.25, 0.3) is 0 Å². The monoisotopic (exact) mass is 244 g/mol. The largest absolute Gasteiger partial charge is 0.370 e. The zero-order valence-electron chi connectivity index (χ0n) is 11.3. The number of carbonyl (C=O) groups is 1. The fourth-order valence-corrected chi connectivity index (χ4v) is 2.30. The lowest BCUT2D eigenvalue weighted by atomic mass is 9.99. The third-order valence-corrected chi connectivity index (χ3v) is 2.54. The molecule has 1 aliphatic heterocycles. The molecule has 1 aliphatic rings. The molecule has 5 nitrogen and oxygen atoms in total. The Hall–Kier alpha value is -0.650. The fourth-order valence-electron chi connectivity index (χ4n) is 2.30. The van der Waals surface area contributed by atoms with Crippen LogP contribution in [0.2, 0.25) is 0 Å². The Morgan fingerprint density at radius 1 is 1.29 bits per heavy atom. The molecule has 5 heteroatoms. The van der Waals surface area contributed by atoms with Gasteiger partial charge >= 0.3 is 0 Å². The molecule has 0 aliphatic carbocycles. The van der Waals surface area contributed by atoms with Gasteiger partial charge in [0, 0.05) is 19.6 Å². The van der Waals surface area contributed by atoms with Crippen LogP contribution in [0.15, 0.2) is 0 Å². The van der Waals surface area contributed by atoms with Gasteiger partial charge in [-0.25, -0.2) is 0 Å². The maximum Gasteiger partial charge on any atom is 0.248 e. The summed E-state index contributed by atoms with van der Waals surface area (Å²) >= 11 is 0. The van der Waals surface area contributed by atoms with Gasteiger partial charge in [-0.05, 0) is 27.7 Å². The van der Waals surface area contributed by atoms with Crippen LogP contribution in [0, 0.1) is 0 Å². The van der Waals surface area contributed by atoms with Gasteiger partial charge in [0.05, 0.1) is 17.8 Å². The van der Waals surface area contributed by atoms with E-state index < -0.39 is 0 Å². The zero-order valence-corrected chi connectivity index (χ0v) is 11.3. The minimum absolute atomic E-state index is 0.00269. The van der Waals surface area contributed by atoms with Crippen LogP contribution in [0.5, 0.6) is 0 Å². The Morgan fingerprint density at radius 2 is 1.82 bits per heavy atom. The molecule has 1 fully saturated rings. The molecule has 0 saturated carbocycles. The fraction of sp³-hybridized carbons (Fsp3) is 0.917. The third-order valence-electron chi connectivity index (χ3n) is 2.54. The number of amides is 1. The summed E-state index contributed by atoms with van der Waals surface area (Å²) in [4.78, 5) is 13.8. The molecule has 2 N–H and O–H groups in total. The molecule has 1 rings (SSSR count). The molecular formula is C12H24N2O3. The number of carbonyl (C=O) groups excluding carboxylic acids is 1. The lowest BCUT2D eigenvalue weighted by Crippen LogP contribution is -2.59. The molecule has 1 saturated heterocycles. The molecule has 1 amide bonds. The predicted octanol–water partition coefficient (Wildman–Crippen LogP) is 0.378. The highest BCUT2D eigenvalue weighted by molar-refractivity contribution is 5.77. The van der Waals surface area contributed by atoms with Crippen molar-refractivity contribution in [2.45, 2.75) is 38.9 Å². The molecule has 17 heavy (non-hydrogen) atoms. The van der Waals surface area contributed by atoms with Crippen molar-refractivity contribution in [1.82, 2.24) is 4.90 Å². The van der Waals surface area contributed by atoms with Crippen LogP contribution in [0.1, 0.15) is 27.7 Å². The average molecular weight is 244 g/mol. The van der Waals surface area contributed by atoms with Gasteiger partial charge in [-0.3, -0.25) is 4.79 Å². The SMILES string of the molecule is CC1(C)CN(C(=O)COCCN)CC(C)(C)O1. The molecule has 0 bridgehead atoms. The second-order valence-electron chi connectivity index (χ2n) is 5.71. The minimum Gasteiger partial charge on any atom is -0.370 e. The Bertz CT molecular complexity index is 261. The maximum atomic E-state index is 12.0. The molecule has 0 aromatic heterocycles. The summed E-state index contributed by atoms with van der Waals surface area (Å²) in [5.74, 6) is 0.00269. The minimum atomic E-state index is -0.314. The van der Waals surface area contributed by atoms with Crippen molar-refractivity contribution in [2.75, 3.05) is 32.8 Å². The summed E-state index contributed by atoms with van der Waals surface area (Å²) in [6.07, 6.45) is 0. The van der Waals surface area contributed by atoms with Crippen LogP contribution in [0.4, 0.5) is 0 Å². The summed E-state index contributed by atoms with van der Waals surface area (Å²) in [5.41, 5.74) is 4.68. The zero-order chi connectivity index (χ0) is 13.1. The van der Waals surface area contributed by atoms with E-state index in [4.69, 9.17) is 15.2 Å². The number of hydrogen-bond acceptors (Lipinski definition) is 4. The first kappa shape index (κ1) is 14.4. The highest BCUT2D eigenvalue weighted by atomic mass is 16.5. The number of morpholine rings is 1. The van der Waals surface area contributed by atoms with E-state index in [9.17, 15) is 4.79 Å². The number of ether oxygens (including phenoxy) is 2. The van der Waals surface area contributed by atoms with E-state index in [2.05, 4.69) is 0 Å². The molecule has 1 heterocycles. The molecular weight excluding hydrogens is 220 g/mol. The van der Waals surface area contributed by atoms with E-state index in [1.54, 1.807) is 4.90 Å². The van der Waals surface area contributed by atoms with E-state index in [1.165, 1.54) is 0 Å². The first-order valence-electron chi connectivity index (χ1n) is 6.01. The van der Waals surface area contributed by atoms with Crippen molar-refractivity contribution in [3.05, 3.63) is 0 Å². The van der Waals surface area contributed by atoms with Gasteiger partial charge in [-0.15, -0.1) is 0 Å². The van der Waals surface area contributed by atoms with Gasteiger partial charge in [0.15, 0.2) is 0 Å². The van der Waals surface area contributed by atoms with Crippen LogP contribution < -0.4 is 5.73 Å². The van der Waals surface area contributed by atoms with Crippen molar-refractivity contribution >= 4 is 5.91 Å². The predicted molar refractivity (Wildman–Crippen MR) is 65.7 cm³/mol. The van der Waals surface area contributed by atoms with Crippen molar-refractivity contribution < 1.29 is 14.3 Å². The van der Waals surface area contributed by atoms with Gasteiger partial charge in [-0.2, -0.15) is 0 Å². The summed E-state index contributed by atoms with van der Waals surface area (Å²) in [7, 11) is 0. The molecule has 0 atom stereocenters. The van der Waals surface area contributed by atoms with E-state index >= 15 is 0 Å². The number of rotatable bonds is 4. The second-order valence-corrected chi connectivity index (χ2v) is 5.71. The Kier molecular flexibility index (Phi) is 4.52. The van der Waals surface area contributed by atoms with Crippen LogP contribution in [0.3, 0.4) is 0 Å². The van der Waals surface area contributed by atoms with E-state index in [-0.39, 0.29) is 23.7 Å². The van der Waals surface area contributed by atoms with Gasteiger partial charge in [0.2, 0.25) is 5.91 Å². The first-order chi connectivity index (χ1) is 7.76. The Labute approximate surface area is 103 Å². The van der Waals surface area contributed by atoms with E-state index in [0.29, 0.717) is 26.2 Å². The smallest absolute Gasteiger partial charge is 0.248 e. The van der Waals surface area contributed by atoms with Gasteiger partial charge in [0.1, 0.15) is 6.61 Å². The molecule has 0 radical (unpaired) electrons. The van der Waals surface area contributed by atoms with Crippen molar-refractivity contribution in [1.29, 1.82) is 0 Å². The second kappa shape index (κ2) is 5.33. The lowest BCUT2D eigenvalue weighted by Gasteiger charge is -2.47. The normalized spacial score (nSPS) is 22.5. The Balaban J connectivity index is 2.55. The van der Waals surface area contributed by atoms with Crippen molar-refractivity contribution in [3.8, 4) is 0 Å². The van der Waals surface area contributed by atoms with E-state index in [1.807, 2.05) is 27.7 Å². The molecule has 0 aromatic rings. The summed E-state index contributed by atoms with van der Waals surface area (Å²) in [6.45, 7) is 10.1. The molecule has 0 unspecified atom stereocenters. The summed E-state index contributed by atoms with van der Waals surface area (Å²) < 4.78 is 11.1. The van der Waals surface area contributed by atoms with Crippen molar-refractivity contribution in [3.63, 3.8) is 0 Å². The number of hydrogen-bond donors (Lipinski definition) is 1. The first-order valence-corrected chi connectivity index (χ1v) is 6.01. The standard InChI is InChI=1S/C12H24N2O3/c1-11(2)8-14(9-12(3,4)17-11)10(15)7-16-6-5-13/h5-9,13H2,1-4H3. The number of nitrogens with zero attached hydrogens (tertiary/aromatic N) is 1. The topological polar surface area (TPSA) is 64.8 Å². The highest BCUT2D eigenvalue weighted by Gasteiger charge is 2.39. The van der Waals surface area contributed by atoms with Gasteiger partial charge < -0.3 is 20.1 Å². The van der Waals surface area contributed by atoms with Crippen LogP contribution in [-0.4, -0.2) is 54.9 Å². The van der Waals surface area contributed by atoms with Gasteiger partial charge in [-0.1, -0.05) is 0 Å². The third kappa shape index (κ3) is 4.61. The van der Waals surface area contributed by atoms with E-state index in [0.717, 1.165) is 0 Å². The molecule has 0 spiro atoms. The highest BCUT2D eigenvalue weighted by Crippen LogP contribution is 2.27. The summed E-state index contributed by atoms with van der Waals surface area (Å²) in [5, 5.41) is 0. The quantitative estimate of drug-likeness (QED) is 0.726. The number of nitrogens with two attached hydrogens (primary N) is 1. The molecule has 100 valence electrons. The van der Waals surface area contributed by atoms with Crippen LogP contribution in [-0.2, 0) is 14.3 Å². The molecule has 0 aromatic carbocycles. The average Bonchev–Trinajstić information content (AvgIpc) is 2.13. The Morgan fingerprint density at radius 3 is 2.29 bits per heavy atom. The van der Waals surface area contributed by atoms with Crippen molar-refractivity contribution in [2.24, 2.45) is 5.73 Å².